The number of ether oxygens (including phenoxy) is 1. The first-order valence-corrected chi connectivity index (χ1v) is 9.16. The molecule has 5 nitrogen and oxygen atoms in total. The van der Waals surface area contributed by atoms with E-state index >= 15 is 0 Å². The summed E-state index contributed by atoms with van der Waals surface area (Å²) in [5.41, 5.74) is 2.82. The fraction of sp³-hybridized carbons (Fsp3) is 0.318. The van der Waals surface area contributed by atoms with Crippen LogP contribution in [-0.4, -0.2) is 33.0 Å². The highest BCUT2D eigenvalue weighted by Crippen LogP contribution is 2.47. The molecule has 2 aromatic rings. The molecule has 29 heavy (non-hydrogen) atoms. The van der Waals surface area contributed by atoms with Crippen LogP contribution in [0, 0.1) is 5.92 Å². The van der Waals surface area contributed by atoms with Gasteiger partial charge in [-0.1, -0.05) is 18.2 Å². The maximum atomic E-state index is 12.4. The molecule has 1 aliphatic carbocycles. The van der Waals surface area contributed by atoms with Gasteiger partial charge in [-0.25, -0.2) is 4.98 Å². The topological polar surface area (TPSA) is 82.8 Å². The molecular weight excluding hydrogens is 380 g/mol. The number of rotatable bonds is 5. The SMILES string of the molecule is C=C(C)[C@@H]1C[C@H](O)C(C)=C[C@H]1c1c(O)cc(-c2ccnc(OC(F)F)c2)cc1O. The third kappa shape index (κ3) is 4.40. The number of phenolic OH excluding ortho intramolecular Hbond substituents is 2. The van der Waals surface area contributed by atoms with E-state index < -0.39 is 12.7 Å². The van der Waals surface area contributed by atoms with Crippen LogP contribution in [0.3, 0.4) is 0 Å². The van der Waals surface area contributed by atoms with Crippen LogP contribution in [0.25, 0.3) is 11.1 Å². The lowest BCUT2D eigenvalue weighted by molar-refractivity contribution is -0.0528. The Hall–Kier alpha value is -2.93. The second-order valence-electron chi connectivity index (χ2n) is 7.33. The van der Waals surface area contributed by atoms with Crippen molar-refractivity contribution in [2.75, 3.05) is 0 Å². The summed E-state index contributed by atoms with van der Waals surface area (Å²) in [6, 6.07) is 5.78. The number of aromatic nitrogens is 1. The number of allylic oxidation sites excluding steroid dienone is 2. The van der Waals surface area contributed by atoms with Crippen molar-refractivity contribution in [2.45, 2.75) is 38.9 Å². The van der Waals surface area contributed by atoms with E-state index in [0.717, 1.165) is 11.1 Å². The summed E-state index contributed by atoms with van der Waals surface area (Å²) in [4.78, 5) is 3.72. The van der Waals surface area contributed by atoms with Crippen LogP contribution < -0.4 is 4.74 Å². The largest absolute Gasteiger partial charge is 0.507 e. The highest BCUT2D eigenvalue weighted by Gasteiger charge is 2.33. The molecule has 0 fully saturated rings. The minimum Gasteiger partial charge on any atom is -0.507 e. The summed E-state index contributed by atoms with van der Waals surface area (Å²) >= 11 is 0. The van der Waals surface area contributed by atoms with Crippen molar-refractivity contribution in [1.29, 1.82) is 0 Å². The van der Waals surface area contributed by atoms with Crippen LogP contribution >= 0.6 is 0 Å². The third-order valence-corrected chi connectivity index (χ3v) is 5.26. The Morgan fingerprint density at radius 1 is 1.21 bits per heavy atom. The number of aliphatic hydroxyl groups is 1. The van der Waals surface area contributed by atoms with E-state index in [1.807, 2.05) is 13.0 Å². The van der Waals surface area contributed by atoms with E-state index in [1.54, 1.807) is 13.0 Å². The van der Waals surface area contributed by atoms with Crippen molar-refractivity contribution < 1.29 is 28.8 Å². The molecule has 1 aromatic heterocycles. The van der Waals surface area contributed by atoms with Crippen molar-refractivity contribution in [3.8, 4) is 28.5 Å². The van der Waals surface area contributed by atoms with Gasteiger partial charge in [-0.3, -0.25) is 0 Å². The van der Waals surface area contributed by atoms with Crippen molar-refractivity contribution in [3.05, 3.63) is 59.8 Å². The van der Waals surface area contributed by atoms with Gasteiger partial charge in [0.2, 0.25) is 5.88 Å². The van der Waals surface area contributed by atoms with Crippen molar-refractivity contribution in [1.82, 2.24) is 4.98 Å². The molecule has 0 radical (unpaired) electrons. The zero-order valence-electron chi connectivity index (χ0n) is 16.1. The molecular formula is C22H23F2NO4. The molecule has 0 saturated heterocycles. The van der Waals surface area contributed by atoms with Crippen molar-refractivity contribution in [3.63, 3.8) is 0 Å². The number of halogens is 2. The lowest BCUT2D eigenvalue weighted by Crippen LogP contribution is -2.26. The number of hydrogen-bond acceptors (Lipinski definition) is 5. The Balaban J connectivity index is 2.03. The molecule has 3 rings (SSSR count). The summed E-state index contributed by atoms with van der Waals surface area (Å²) in [5, 5.41) is 31.6. The van der Waals surface area contributed by atoms with Gasteiger partial charge < -0.3 is 20.1 Å². The Kier molecular flexibility index (Phi) is 5.88. The summed E-state index contributed by atoms with van der Waals surface area (Å²) in [5.74, 6) is -1.03. The first-order chi connectivity index (χ1) is 13.7. The summed E-state index contributed by atoms with van der Waals surface area (Å²) in [6.07, 6.45) is 2.99. The van der Waals surface area contributed by atoms with Crippen LogP contribution in [0.15, 0.2) is 54.3 Å². The predicted molar refractivity (Wildman–Crippen MR) is 105 cm³/mol. The fourth-order valence-electron chi connectivity index (χ4n) is 3.75. The van der Waals surface area contributed by atoms with Crippen molar-refractivity contribution in [2.24, 2.45) is 5.92 Å². The number of pyridine rings is 1. The molecule has 0 spiro atoms. The normalized spacial score (nSPS) is 21.7. The van der Waals surface area contributed by atoms with Gasteiger partial charge in [-0.2, -0.15) is 8.78 Å². The average molecular weight is 403 g/mol. The molecule has 0 aliphatic heterocycles. The molecule has 0 amide bonds. The Morgan fingerprint density at radius 3 is 2.45 bits per heavy atom. The summed E-state index contributed by atoms with van der Waals surface area (Å²) in [7, 11) is 0. The number of phenols is 2. The van der Waals surface area contributed by atoms with Gasteiger partial charge in [-0.05, 0) is 61.1 Å². The van der Waals surface area contributed by atoms with Crippen molar-refractivity contribution >= 4 is 0 Å². The average Bonchev–Trinajstić information content (AvgIpc) is 2.63. The molecule has 154 valence electrons. The van der Waals surface area contributed by atoms with E-state index in [1.165, 1.54) is 24.4 Å². The first kappa shape index (κ1) is 20.8. The van der Waals surface area contributed by atoms with E-state index in [-0.39, 0.29) is 29.2 Å². The van der Waals surface area contributed by atoms with E-state index in [2.05, 4.69) is 16.3 Å². The molecule has 1 aliphatic rings. The quantitative estimate of drug-likeness (QED) is 0.628. The van der Waals surface area contributed by atoms with Gasteiger partial charge in [0.15, 0.2) is 0 Å². The first-order valence-electron chi connectivity index (χ1n) is 9.16. The number of aromatic hydroxyl groups is 2. The Morgan fingerprint density at radius 2 is 1.86 bits per heavy atom. The molecule has 0 unspecified atom stereocenters. The monoisotopic (exact) mass is 403 g/mol. The minimum absolute atomic E-state index is 0.134. The van der Waals surface area contributed by atoms with Gasteiger partial charge in [0.1, 0.15) is 11.5 Å². The smallest absolute Gasteiger partial charge is 0.388 e. The highest BCUT2D eigenvalue weighted by molar-refractivity contribution is 5.70. The van der Waals surface area contributed by atoms with Gasteiger partial charge in [-0.15, -0.1) is 0 Å². The maximum absolute atomic E-state index is 12.4. The van der Waals surface area contributed by atoms with Gasteiger partial charge in [0, 0.05) is 23.7 Å². The molecule has 3 atom stereocenters. The van der Waals surface area contributed by atoms with Gasteiger partial charge in [0.25, 0.3) is 0 Å². The van der Waals surface area contributed by atoms with Crippen LogP contribution in [0.1, 0.15) is 31.7 Å². The molecule has 3 N–H and O–H groups in total. The summed E-state index contributed by atoms with van der Waals surface area (Å²) in [6.45, 7) is 4.64. The fourth-order valence-corrected chi connectivity index (χ4v) is 3.75. The second-order valence-corrected chi connectivity index (χ2v) is 7.33. The number of aliphatic hydroxyl groups excluding tert-OH is 1. The molecule has 0 saturated carbocycles. The van der Waals surface area contributed by atoms with Crippen LogP contribution in [-0.2, 0) is 0 Å². The van der Waals surface area contributed by atoms with E-state index in [9.17, 15) is 24.1 Å². The Bertz CT molecular complexity index is 935. The Labute approximate surface area is 167 Å². The highest BCUT2D eigenvalue weighted by atomic mass is 19.3. The minimum atomic E-state index is -3.00. The number of nitrogens with zero attached hydrogens (tertiary/aromatic N) is 1. The lowest BCUT2D eigenvalue weighted by atomic mass is 9.72. The molecule has 0 bridgehead atoms. The third-order valence-electron chi connectivity index (χ3n) is 5.26. The molecule has 7 heteroatoms. The van der Waals surface area contributed by atoms with E-state index in [0.29, 0.717) is 23.1 Å². The molecule has 1 aromatic carbocycles. The summed E-state index contributed by atoms with van der Waals surface area (Å²) < 4.78 is 29.2. The lowest BCUT2D eigenvalue weighted by Gasteiger charge is -2.34. The number of alkyl halides is 2. The standard InChI is InChI=1S/C22H23F2NO4/c1-11(2)15-10-17(26)12(3)6-16(15)21-18(27)7-14(8-19(21)28)13-4-5-25-20(9-13)29-22(23)24/h4-9,15-17,22,26-28H,1,10H2,2-3H3/t15-,16+,17-/m0/s1. The van der Waals surface area contributed by atoms with E-state index in [4.69, 9.17) is 0 Å². The van der Waals surface area contributed by atoms with Gasteiger partial charge in [0.05, 0.1) is 6.10 Å². The second kappa shape index (κ2) is 8.21. The van der Waals surface area contributed by atoms with Crippen LogP contribution in [0.2, 0.25) is 0 Å². The maximum Gasteiger partial charge on any atom is 0.388 e. The number of benzene rings is 1. The predicted octanol–water partition coefficient (Wildman–Crippen LogP) is 4.75. The van der Waals surface area contributed by atoms with Crippen LogP contribution in [0.4, 0.5) is 8.78 Å². The zero-order chi connectivity index (χ0) is 21.3. The molecule has 1 heterocycles. The number of hydrogen-bond donors (Lipinski definition) is 3. The van der Waals surface area contributed by atoms with Crippen LogP contribution in [0.5, 0.6) is 17.4 Å². The zero-order valence-corrected chi connectivity index (χ0v) is 16.1. The van der Waals surface area contributed by atoms with Gasteiger partial charge >= 0.3 is 6.61 Å².